The molecule has 0 bridgehead atoms. The first-order valence-electron chi connectivity index (χ1n) is 5.70. The summed E-state index contributed by atoms with van der Waals surface area (Å²) in [5, 5.41) is 3.66. The van der Waals surface area contributed by atoms with E-state index in [9.17, 15) is 9.18 Å². The lowest BCUT2D eigenvalue weighted by Gasteiger charge is -2.34. The van der Waals surface area contributed by atoms with Crippen LogP contribution in [0.1, 0.15) is 0 Å². The van der Waals surface area contributed by atoms with Crippen LogP contribution in [0.4, 0.5) is 10.1 Å². The highest BCUT2D eigenvalue weighted by Crippen LogP contribution is 2.10. The van der Waals surface area contributed by atoms with Crippen molar-refractivity contribution in [3.63, 3.8) is 0 Å². The molecule has 1 aliphatic heterocycles. The van der Waals surface area contributed by atoms with Gasteiger partial charge < -0.3 is 15.1 Å². The molecule has 1 fully saturated rings. The van der Waals surface area contributed by atoms with Crippen LogP contribution in [0.3, 0.4) is 0 Å². The zero-order valence-corrected chi connectivity index (χ0v) is 10.6. The standard InChI is InChI=1S/C12H14FN3OS/c13-10-1-3-11(4-2-10)14-12(18)16-7-5-15(9-17)6-8-16/h1-4,9H,5-8H2,(H,14,18). The average Bonchev–Trinajstić information content (AvgIpc) is 2.41. The zero-order chi connectivity index (χ0) is 13.0. The predicted octanol–water partition coefficient (Wildman–Crippen LogP) is 1.30. The third-order valence-electron chi connectivity index (χ3n) is 2.85. The number of halogens is 1. The van der Waals surface area contributed by atoms with E-state index >= 15 is 0 Å². The second-order valence-electron chi connectivity index (χ2n) is 4.07. The molecule has 1 heterocycles. The second-order valence-corrected chi connectivity index (χ2v) is 4.45. The molecule has 18 heavy (non-hydrogen) atoms. The van der Waals surface area contributed by atoms with Crippen LogP contribution in [-0.4, -0.2) is 47.5 Å². The molecule has 96 valence electrons. The monoisotopic (exact) mass is 267 g/mol. The molecule has 1 saturated heterocycles. The molecule has 0 atom stereocenters. The van der Waals surface area contributed by atoms with Crippen molar-refractivity contribution in [3.05, 3.63) is 30.1 Å². The number of thiocarbonyl (C=S) groups is 1. The summed E-state index contributed by atoms with van der Waals surface area (Å²) in [4.78, 5) is 14.3. The van der Waals surface area contributed by atoms with Gasteiger partial charge in [0.25, 0.3) is 0 Å². The first-order valence-corrected chi connectivity index (χ1v) is 6.11. The van der Waals surface area contributed by atoms with Crippen LogP contribution in [0, 0.1) is 5.82 Å². The summed E-state index contributed by atoms with van der Waals surface area (Å²) in [6.45, 7) is 2.78. The topological polar surface area (TPSA) is 35.6 Å². The molecule has 0 radical (unpaired) electrons. The first kappa shape index (κ1) is 12.8. The highest BCUT2D eigenvalue weighted by atomic mass is 32.1. The van der Waals surface area contributed by atoms with Gasteiger partial charge in [0.05, 0.1) is 0 Å². The van der Waals surface area contributed by atoms with Gasteiger partial charge in [0, 0.05) is 31.9 Å². The molecule has 2 rings (SSSR count). The fourth-order valence-electron chi connectivity index (χ4n) is 1.77. The number of carbonyl (C=O) groups is 1. The number of hydrogen-bond acceptors (Lipinski definition) is 2. The predicted molar refractivity (Wildman–Crippen MR) is 71.8 cm³/mol. The normalized spacial score (nSPS) is 15.4. The van der Waals surface area contributed by atoms with Crippen molar-refractivity contribution in [1.82, 2.24) is 9.80 Å². The van der Waals surface area contributed by atoms with E-state index in [0.29, 0.717) is 31.3 Å². The third kappa shape index (κ3) is 3.16. The number of carbonyl (C=O) groups excluding carboxylic acids is 1. The van der Waals surface area contributed by atoms with Gasteiger partial charge in [0.1, 0.15) is 5.82 Å². The molecular formula is C12H14FN3OS. The number of hydrogen-bond donors (Lipinski definition) is 1. The van der Waals surface area contributed by atoms with E-state index in [1.165, 1.54) is 12.1 Å². The van der Waals surface area contributed by atoms with Crippen molar-refractivity contribution < 1.29 is 9.18 Å². The second kappa shape index (κ2) is 5.77. The lowest BCUT2D eigenvalue weighted by Crippen LogP contribution is -2.49. The molecule has 0 spiro atoms. The van der Waals surface area contributed by atoms with E-state index in [-0.39, 0.29) is 5.82 Å². The van der Waals surface area contributed by atoms with Gasteiger partial charge in [-0.1, -0.05) is 0 Å². The van der Waals surface area contributed by atoms with Crippen LogP contribution in [0.15, 0.2) is 24.3 Å². The summed E-state index contributed by atoms with van der Waals surface area (Å²) in [7, 11) is 0. The van der Waals surface area contributed by atoms with Gasteiger partial charge in [0.2, 0.25) is 6.41 Å². The molecule has 1 amide bonds. The van der Waals surface area contributed by atoms with E-state index in [1.54, 1.807) is 17.0 Å². The van der Waals surface area contributed by atoms with Crippen LogP contribution in [0.2, 0.25) is 0 Å². The Labute approximate surface area is 110 Å². The van der Waals surface area contributed by atoms with Crippen molar-refractivity contribution in [1.29, 1.82) is 0 Å². The molecule has 1 aliphatic rings. The molecule has 6 heteroatoms. The van der Waals surface area contributed by atoms with Gasteiger partial charge in [-0.3, -0.25) is 4.79 Å². The highest BCUT2D eigenvalue weighted by molar-refractivity contribution is 7.80. The van der Waals surface area contributed by atoms with Crippen molar-refractivity contribution in [2.45, 2.75) is 0 Å². The summed E-state index contributed by atoms with van der Waals surface area (Å²) >= 11 is 5.28. The number of nitrogens with zero attached hydrogens (tertiary/aromatic N) is 2. The van der Waals surface area contributed by atoms with E-state index < -0.39 is 0 Å². The van der Waals surface area contributed by atoms with Crippen molar-refractivity contribution >= 4 is 29.4 Å². The van der Waals surface area contributed by atoms with Gasteiger partial charge in [-0.2, -0.15) is 0 Å². The Morgan fingerprint density at radius 3 is 2.39 bits per heavy atom. The summed E-state index contributed by atoms with van der Waals surface area (Å²) < 4.78 is 12.8. The zero-order valence-electron chi connectivity index (χ0n) is 9.80. The lowest BCUT2D eigenvalue weighted by atomic mass is 10.3. The molecule has 0 aliphatic carbocycles. The lowest BCUT2D eigenvalue weighted by molar-refractivity contribution is -0.119. The minimum absolute atomic E-state index is 0.272. The van der Waals surface area contributed by atoms with Gasteiger partial charge >= 0.3 is 0 Å². The Bertz CT molecular complexity index is 429. The van der Waals surface area contributed by atoms with E-state index in [4.69, 9.17) is 12.2 Å². The first-order chi connectivity index (χ1) is 8.69. The Hall–Kier alpha value is -1.69. The quantitative estimate of drug-likeness (QED) is 0.647. The summed E-state index contributed by atoms with van der Waals surface area (Å²) in [6.07, 6.45) is 0.855. The van der Waals surface area contributed by atoms with Gasteiger partial charge in [-0.05, 0) is 36.5 Å². The van der Waals surface area contributed by atoms with Gasteiger partial charge in [-0.25, -0.2) is 4.39 Å². The van der Waals surface area contributed by atoms with Crippen LogP contribution >= 0.6 is 12.2 Å². The molecule has 1 N–H and O–H groups in total. The van der Waals surface area contributed by atoms with E-state index in [0.717, 1.165) is 12.1 Å². The van der Waals surface area contributed by atoms with Gasteiger partial charge in [0.15, 0.2) is 5.11 Å². The number of nitrogens with one attached hydrogen (secondary N) is 1. The maximum Gasteiger partial charge on any atom is 0.209 e. The van der Waals surface area contributed by atoms with Crippen LogP contribution in [0.5, 0.6) is 0 Å². The average molecular weight is 267 g/mol. The SMILES string of the molecule is O=CN1CCN(C(=S)Nc2ccc(F)cc2)CC1. The van der Waals surface area contributed by atoms with Crippen molar-refractivity contribution in [3.8, 4) is 0 Å². The van der Waals surface area contributed by atoms with Crippen molar-refractivity contribution in [2.24, 2.45) is 0 Å². The minimum atomic E-state index is -0.272. The Balaban J connectivity index is 1.88. The molecule has 0 saturated carbocycles. The number of rotatable bonds is 2. The minimum Gasteiger partial charge on any atom is -0.345 e. The van der Waals surface area contributed by atoms with Crippen LogP contribution in [-0.2, 0) is 4.79 Å². The maximum absolute atomic E-state index is 12.8. The third-order valence-corrected chi connectivity index (χ3v) is 3.21. The highest BCUT2D eigenvalue weighted by Gasteiger charge is 2.17. The summed E-state index contributed by atoms with van der Waals surface area (Å²) in [6, 6.07) is 6.05. The number of benzene rings is 1. The summed E-state index contributed by atoms with van der Waals surface area (Å²) in [5.41, 5.74) is 0.763. The summed E-state index contributed by atoms with van der Waals surface area (Å²) in [5.74, 6) is -0.272. The number of piperazine rings is 1. The van der Waals surface area contributed by atoms with Crippen molar-refractivity contribution in [2.75, 3.05) is 31.5 Å². The van der Waals surface area contributed by atoms with E-state index in [2.05, 4.69) is 5.32 Å². The Morgan fingerprint density at radius 2 is 1.83 bits per heavy atom. The maximum atomic E-state index is 12.8. The molecule has 1 aromatic rings. The molecule has 0 unspecified atom stereocenters. The smallest absolute Gasteiger partial charge is 0.209 e. The number of anilines is 1. The van der Waals surface area contributed by atoms with Crippen LogP contribution in [0.25, 0.3) is 0 Å². The van der Waals surface area contributed by atoms with E-state index in [1.807, 2.05) is 4.90 Å². The Morgan fingerprint density at radius 1 is 1.22 bits per heavy atom. The van der Waals surface area contributed by atoms with Gasteiger partial charge in [-0.15, -0.1) is 0 Å². The molecular weight excluding hydrogens is 253 g/mol. The molecule has 0 aromatic heterocycles. The van der Waals surface area contributed by atoms with Crippen LogP contribution < -0.4 is 5.32 Å². The Kier molecular flexibility index (Phi) is 4.09. The fraction of sp³-hybridized carbons (Fsp3) is 0.333. The molecule has 1 aromatic carbocycles. The fourth-order valence-corrected chi connectivity index (χ4v) is 2.07. The largest absolute Gasteiger partial charge is 0.345 e. The molecule has 4 nitrogen and oxygen atoms in total. The number of amides is 1.